The molecular formula is C10H12O2. The lowest BCUT2D eigenvalue weighted by atomic mass is 10.0. The predicted octanol–water partition coefficient (Wildman–Crippen LogP) is 1.98. The van der Waals surface area contributed by atoms with Crippen molar-refractivity contribution in [3.63, 3.8) is 0 Å². The van der Waals surface area contributed by atoms with Gasteiger partial charge >= 0.3 is 0 Å². The minimum Gasteiger partial charge on any atom is -0.469 e. The molecule has 1 heterocycles. The zero-order valence-electron chi connectivity index (χ0n) is 7.17. The number of ether oxygens (including phenoxy) is 2. The summed E-state index contributed by atoms with van der Waals surface area (Å²) < 4.78 is 11.0. The van der Waals surface area contributed by atoms with E-state index in [0.717, 1.165) is 18.6 Å². The van der Waals surface area contributed by atoms with E-state index in [1.165, 1.54) is 5.57 Å². The highest BCUT2D eigenvalue weighted by atomic mass is 16.7. The summed E-state index contributed by atoms with van der Waals surface area (Å²) in [6.07, 6.45) is 6.70. The zero-order chi connectivity index (χ0) is 8.18. The monoisotopic (exact) mass is 164 g/mol. The first-order valence-electron chi connectivity index (χ1n) is 4.55. The summed E-state index contributed by atoms with van der Waals surface area (Å²) in [5.41, 5.74) is 1.40. The lowest BCUT2D eigenvalue weighted by molar-refractivity contribution is 0.0363. The van der Waals surface area contributed by atoms with Gasteiger partial charge in [-0.05, 0) is 24.5 Å². The van der Waals surface area contributed by atoms with Gasteiger partial charge in [0.2, 0.25) is 0 Å². The van der Waals surface area contributed by atoms with Crippen LogP contribution in [0.15, 0.2) is 23.5 Å². The molecule has 1 saturated heterocycles. The van der Waals surface area contributed by atoms with Crippen LogP contribution in [0.25, 0.3) is 0 Å². The van der Waals surface area contributed by atoms with Gasteiger partial charge in [-0.2, -0.15) is 0 Å². The Bertz CT molecular complexity index is 290. The molecule has 1 spiro atoms. The smallest absolute Gasteiger partial charge is 0.189 e. The SMILES string of the molecule is CCC1=CC2CC23OCOC3=C1. The molecule has 2 fully saturated rings. The Morgan fingerprint density at radius 3 is 3.42 bits per heavy atom. The molecule has 0 radical (unpaired) electrons. The van der Waals surface area contributed by atoms with Crippen molar-refractivity contribution < 1.29 is 9.47 Å². The van der Waals surface area contributed by atoms with E-state index in [-0.39, 0.29) is 5.60 Å². The minimum absolute atomic E-state index is 0.00132. The molecule has 12 heavy (non-hydrogen) atoms. The van der Waals surface area contributed by atoms with Gasteiger partial charge in [0.05, 0.1) is 0 Å². The highest BCUT2D eigenvalue weighted by molar-refractivity contribution is 5.42. The van der Waals surface area contributed by atoms with Gasteiger partial charge in [-0.15, -0.1) is 0 Å². The predicted molar refractivity (Wildman–Crippen MR) is 44.3 cm³/mol. The van der Waals surface area contributed by atoms with Gasteiger partial charge in [0.25, 0.3) is 0 Å². The van der Waals surface area contributed by atoms with E-state index >= 15 is 0 Å². The van der Waals surface area contributed by atoms with Crippen LogP contribution in [0.5, 0.6) is 0 Å². The first-order chi connectivity index (χ1) is 5.85. The standard InChI is InChI=1S/C10H12O2/c1-2-7-3-8-5-10(8)9(4-7)11-6-12-10/h3-4,8H,2,5-6H2,1H3. The molecule has 2 unspecified atom stereocenters. The fourth-order valence-corrected chi connectivity index (χ4v) is 2.16. The van der Waals surface area contributed by atoms with E-state index in [0.29, 0.717) is 12.7 Å². The molecule has 3 aliphatic rings. The summed E-state index contributed by atoms with van der Waals surface area (Å²) >= 11 is 0. The van der Waals surface area contributed by atoms with Gasteiger partial charge in [-0.25, -0.2) is 0 Å². The Balaban J connectivity index is 2.01. The second-order valence-electron chi connectivity index (χ2n) is 3.71. The maximum Gasteiger partial charge on any atom is 0.189 e. The van der Waals surface area contributed by atoms with Crippen LogP contribution < -0.4 is 0 Å². The lowest BCUT2D eigenvalue weighted by Gasteiger charge is -2.12. The third-order valence-corrected chi connectivity index (χ3v) is 3.05. The number of hydrogen-bond donors (Lipinski definition) is 0. The average Bonchev–Trinajstić information content (AvgIpc) is 2.65. The van der Waals surface area contributed by atoms with Crippen LogP contribution in [0.3, 0.4) is 0 Å². The van der Waals surface area contributed by atoms with Crippen molar-refractivity contribution in [3.05, 3.63) is 23.5 Å². The molecule has 0 amide bonds. The van der Waals surface area contributed by atoms with Crippen LogP contribution in [-0.2, 0) is 9.47 Å². The second kappa shape index (κ2) is 1.94. The van der Waals surface area contributed by atoms with Crippen LogP contribution in [-0.4, -0.2) is 12.4 Å². The van der Waals surface area contributed by atoms with Gasteiger partial charge in [-0.1, -0.05) is 13.0 Å². The van der Waals surface area contributed by atoms with E-state index < -0.39 is 0 Å². The largest absolute Gasteiger partial charge is 0.469 e. The molecule has 2 nitrogen and oxygen atoms in total. The highest BCUT2D eigenvalue weighted by Crippen LogP contribution is 2.58. The summed E-state index contributed by atoms with van der Waals surface area (Å²) in [7, 11) is 0. The molecule has 0 N–H and O–H groups in total. The first-order valence-corrected chi connectivity index (χ1v) is 4.55. The summed E-state index contributed by atoms with van der Waals surface area (Å²) in [6.45, 7) is 2.63. The third-order valence-electron chi connectivity index (χ3n) is 3.05. The van der Waals surface area contributed by atoms with E-state index in [1.54, 1.807) is 0 Å². The molecule has 0 aromatic rings. The van der Waals surface area contributed by atoms with Crippen molar-refractivity contribution in [2.24, 2.45) is 5.92 Å². The molecule has 0 aromatic carbocycles. The van der Waals surface area contributed by atoms with Crippen molar-refractivity contribution in [1.82, 2.24) is 0 Å². The van der Waals surface area contributed by atoms with Crippen LogP contribution in [0.2, 0.25) is 0 Å². The molecule has 2 aliphatic carbocycles. The quantitative estimate of drug-likeness (QED) is 0.590. The normalized spacial score (nSPS) is 42.2. The van der Waals surface area contributed by atoms with Crippen LogP contribution >= 0.6 is 0 Å². The first kappa shape index (κ1) is 6.72. The van der Waals surface area contributed by atoms with Crippen molar-refractivity contribution in [1.29, 1.82) is 0 Å². The van der Waals surface area contributed by atoms with Crippen molar-refractivity contribution in [3.8, 4) is 0 Å². The maximum absolute atomic E-state index is 5.58. The Kier molecular flexibility index (Phi) is 1.09. The molecule has 64 valence electrons. The summed E-state index contributed by atoms with van der Waals surface area (Å²) in [4.78, 5) is 0. The number of rotatable bonds is 1. The maximum atomic E-state index is 5.58. The topological polar surface area (TPSA) is 18.5 Å². The summed E-state index contributed by atoms with van der Waals surface area (Å²) in [5.74, 6) is 1.68. The van der Waals surface area contributed by atoms with Crippen LogP contribution in [0.4, 0.5) is 0 Å². The number of allylic oxidation sites excluding steroid dienone is 2. The van der Waals surface area contributed by atoms with Gasteiger partial charge in [0, 0.05) is 5.92 Å². The zero-order valence-corrected chi connectivity index (χ0v) is 7.17. The highest BCUT2D eigenvalue weighted by Gasteiger charge is 2.62. The molecule has 0 bridgehead atoms. The molecule has 0 aromatic heterocycles. The van der Waals surface area contributed by atoms with Crippen LogP contribution in [0.1, 0.15) is 19.8 Å². The second-order valence-corrected chi connectivity index (χ2v) is 3.71. The van der Waals surface area contributed by atoms with Gasteiger partial charge < -0.3 is 9.47 Å². The molecule has 1 saturated carbocycles. The summed E-state index contributed by atoms with van der Waals surface area (Å²) in [5, 5.41) is 0. The molecule has 1 aliphatic heterocycles. The fourth-order valence-electron chi connectivity index (χ4n) is 2.16. The number of hydrogen-bond acceptors (Lipinski definition) is 2. The Morgan fingerprint density at radius 2 is 2.58 bits per heavy atom. The molecular weight excluding hydrogens is 152 g/mol. The third kappa shape index (κ3) is 0.643. The average molecular weight is 164 g/mol. The fraction of sp³-hybridized carbons (Fsp3) is 0.600. The lowest BCUT2D eigenvalue weighted by Crippen LogP contribution is -2.14. The van der Waals surface area contributed by atoms with E-state index in [9.17, 15) is 0 Å². The van der Waals surface area contributed by atoms with Crippen LogP contribution in [0, 0.1) is 5.92 Å². The van der Waals surface area contributed by atoms with E-state index in [4.69, 9.17) is 9.47 Å². The van der Waals surface area contributed by atoms with Crippen molar-refractivity contribution >= 4 is 0 Å². The Labute approximate surface area is 71.9 Å². The van der Waals surface area contributed by atoms with E-state index in [1.807, 2.05) is 0 Å². The molecule has 2 heteroatoms. The van der Waals surface area contributed by atoms with Gasteiger partial charge in [0.15, 0.2) is 6.79 Å². The Morgan fingerprint density at radius 1 is 1.67 bits per heavy atom. The van der Waals surface area contributed by atoms with Gasteiger partial charge in [-0.3, -0.25) is 0 Å². The van der Waals surface area contributed by atoms with Gasteiger partial charge in [0.1, 0.15) is 11.4 Å². The molecule has 2 atom stereocenters. The van der Waals surface area contributed by atoms with Crippen molar-refractivity contribution in [2.45, 2.75) is 25.4 Å². The minimum atomic E-state index is -0.00132. The van der Waals surface area contributed by atoms with E-state index in [2.05, 4.69) is 19.1 Å². The Hall–Kier alpha value is -0.760. The van der Waals surface area contributed by atoms with Crippen molar-refractivity contribution in [2.75, 3.05) is 6.79 Å². The molecule has 3 rings (SSSR count). The summed E-state index contributed by atoms with van der Waals surface area (Å²) in [6, 6.07) is 0.